The summed E-state index contributed by atoms with van der Waals surface area (Å²) in [4.78, 5) is 22.1. The van der Waals surface area contributed by atoms with Crippen LogP contribution in [0.15, 0.2) is 63.8 Å². The third-order valence-electron chi connectivity index (χ3n) is 6.54. The molecule has 0 spiro atoms. The van der Waals surface area contributed by atoms with Gasteiger partial charge in [0.15, 0.2) is 0 Å². The zero-order valence-corrected chi connectivity index (χ0v) is 19.3. The van der Waals surface area contributed by atoms with Crippen LogP contribution in [0.3, 0.4) is 0 Å². The highest BCUT2D eigenvalue weighted by Crippen LogP contribution is 2.29. The summed E-state index contributed by atoms with van der Waals surface area (Å²) >= 11 is 0. The predicted octanol–water partition coefficient (Wildman–Crippen LogP) is 5.18. The van der Waals surface area contributed by atoms with Crippen LogP contribution < -0.4 is 10.2 Å². The van der Waals surface area contributed by atoms with E-state index in [0.717, 1.165) is 35.5 Å². The molecule has 2 aromatic heterocycles. The van der Waals surface area contributed by atoms with Gasteiger partial charge in [-0.05, 0) is 70.3 Å². The molecule has 1 saturated heterocycles. The van der Waals surface area contributed by atoms with Crippen LogP contribution >= 0.6 is 0 Å². The third kappa shape index (κ3) is 4.12. The largest absolute Gasteiger partial charge is 0.463 e. The Morgan fingerprint density at radius 1 is 1.09 bits per heavy atom. The summed E-state index contributed by atoms with van der Waals surface area (Å²) in [5.41, 5.74) is 3.88. The van der Waals surface area contributed by atoms with Crippen LogP contribution in [0.4, 0.5) is 11.4 Å². The molecule has 1 aliphatic heterocycles. The first-order valence-electron chi connectivity index (χ1n) is 11.2. The van der Waals surface area contributed by atoms with Crippen molar-refractivity contribution < 1.29 is 13.6 Å². The lowest BCUT2D eigenvalue weighted by molar-refractivity contribution is 0.102. The van der Waals surface area contributed by atoms with Crippen LogP contribution in [0.5, 0.6) is 0 Å². The Labute approximate surface area is 193 Å². The first kappa shape index (κ1) is 21.3. The van der Waals surface area contributed by atoms with Crippen molar-refractivity contribution >= 4 is 28.3 Å². The number of aromatic nitrogens is 1. The Morgan fingerprint density at radius 3 is 2.48 bits per heavy atom. The molecule has 2 atom stereocenters. The van der Waals surface area contributed by atoms with Crippen molar-refractivity contribution in [2.75, 3.05) is 30.4 Å². The molecule has 33 heavy (non-hydrogen) atoms. The number of carbonyl (C=O) groups is 1. The van der Waals surface area contributed by atoms with E-state index in [-0.39, 0.29) is 5.91 Å². The zero-order valence-electron chi connectivity index (χ0n) is 19.3. The standard InChI is InChI=1S/C26H28N4O3/c1-16-13-30(14-17(2)29(16)4)21-9-10-24-22(11-21)23(15-32-24)25(31)28-20-7-5-19(6-8-20)26-27-12-18(3)33-26/h5-12,15-17H,13-14H2,1-4H3,(H,28,31)/t16-,17+. The lowest BCUT2D eigenvalue weighted by Gasteiger charge is -2.43. The Kier molecular flexibility index (Phi) is 5.42. The van der Waals surface area contributed by atoms with Gasteiger partial charge in [0.25, 0.3) is 5.91 Å². The number of benzene rings is 2. The monoisotopic (exact) mass is 444 g/mol. The van der Waals surface area contributed by atoms with Crippen LogP contribution in [-0.4, -0.2) is 48.0 Å². The van der Waals surface area contributed by atoms with Gasteiger partial charge in [0.05, 0.1) is 11.8 Å². The summed E-state index contributed by atoms with van der Waals surface area (Å²) in [6.45, 7) is 8.24. The van der Waals surface area contributed by atoms with Gasteiger partial charge >= 0.3 is 0 Å². The fourth-order valence-electron chi connectivity index (χ4n) is 4.39. The van der Waals surface area contributed by atoms with Gasteiger partial charge in [0, 0.05) is 47.5 Å². The van der Waals surface area contributed by atoms with Crippen molar-refractivity contribution in [2.45, 2.75) is 32.9 Å². The number of amides is 1. The number of nitrogens with one attached hydrogen (secondary N) is 1. The second-order valence-corrected chi connectivity index (χ2v) is 8.91. The fraction of sp³-hybridized carbons (Fsp3) is 0.308. The maximum atomic E-state index is 13.1. The average Bonchev–Trinajstić information content (AvgIpc) is 3.43. The van der Waals surface area contributed by atoms with Crippen LogP contribution in [0, 0.1) is 6.92 Å². The summed E-state index contributed by atoms with van der Waals surface area (Å²) in [6.07, 6.45) is 3.22. The molecule has 5 rings (SSSR count). The molecule has 0 unspecified atom stereocenters. The molecule has 3 heterocycles. The zero-order chi connectivity index (χ0) is 23.1. The lowest BCUT2D eigenvalue weighted by atomic mass is 10.1. The molecule has 0 saturated carbocycles. The van der Waals surface area contributed by atoms with E-state index in [4.69, 9.17) is 8.83 Å². The average molecular weight is 445 g/mol. The van der Waals surface area contributed by atoms with E-state index in [1.54, 1.807) is 6.20 Å². The second kappa shape index (κ2) is 8.41. The molecular formula is C26H28N4O3. The molecule has 1 fully saturated rings. The number of hydrogen-bond acceptors (Lipinski definition) is 6. The highest BCUT2D eigenvalue weighted by atomic mass is 16.4. The van der Waals surface area contributed by atoms with Crippen molar-refractivity contribution in [2.24, 2.45) is 0 Å². The molecule has 1 aliphatic rings. The summed E-state index contributed by atoms with van der Waals surface area (Å²) in [5.74, 6) is 1.12. The smallest absolute Gasteiger partial charge is 0.259 e. The minimum absolute atomic E-state index is 0.203. The number of fused-ring (bicyclic) bond motifs is 1. The third-order valence-corrected chi connectivity index (χ3v) is 6.54. The molecule has 2 aromatic carbocycles. The van der Waals surface area contributed by atoms with E-state index in [1.165, 1.54) is 6.26 Å². The van der Waals surface area contributed by atoms with Gasteiger partial charge in [-0.1, -0.05) is 0 Å². The number of likely N-dealkylation sites (N-methyl/N-ethyl adjacent to an activating group) is 1. The van der Waals surface area contributed by atoms with Crippen molar-refractivity contribution in [1.82, 2.24) is 9.88 Å². The predicted molar refractivity (Wildman–Crippen MR) is 130 cm³/mol. The van der Waals surface area contributed by atoms with Crippen molar-refractivity contribution in [3.8, 4) is 11.5 Å². The second-order valence-electron chi connectivity index (χ2n) is 8.91. The van der Waals surface area contributed by atoms with Gasteiger partial charge < -0.3 is 19.1 Å². The highest BCUT2D eigenvalue weighted by molar-refractivity contribution is 6.12. The topological polar surface area (TPSA) is 74.8 Å². The Hall–Kier alpha value is -3.58. The molecule has 0 bridgehead atoms. The number of rotatable bonds is 4. The first-order valence-corrected chi connectivity index (χ1v) is 11.2. The molecule has 0 aliphatic carbocycles. The van der Waals surface area contributed by atoms with Crippen LogP contribution in [-0.2, 0) is 0 Å². The Bertz CT molecular complexity index is 1280. The summed E-state index contributed by atoms with van der Waals surface area (Å²) in [5, 5.41) is 3.78. The fourth-order valence-corrected chi connectivity index (χ4v) is 4.39. The number of furan rings is 1. The molecular weight excluding hydrogens is 416 g/mol. The maximum absolute atomic E-state index is 13.1. The number of hydrogen-bond donors (Lipinski definition) is 1. The highest BCUT2D eigenvalue weighted by Gasteiger charge is 2.27. The van der Waals surface area contributed by atoms with Gasteiger partial charge in [-0.2, -0.15) is 0 Å². The van der Waals surface area contributed by atoms with Gasteiger partial charge in [0.1, 0.15) is 17.6 Å². The number of aryl methyl sites for hydroxylation is 1. The molecule has 1 amide bonds. The van der Waals surface area contributed by atoms with Gasteiger partial charge in [-0.3, -0.25) is 9.69 Å². The quantitative estimate of drug-likeness (QED) is 0.468. The molecule has 4 aromatic rings. The SMILES string of the molecule is Cc1cnc(-c2ccc(NC(=O)c3coc4ccc(N5C[C@@H](C)N(C)[C@@H](C)C5)cc34)cc2)o1. The van der Waals surface area contributed by atoms with Crippen molar-refractivity contribution in [3.05, 3.63) is 66.2 Å². The van der Waals surface area contributed by atoms with Crippen LogP contribution in [0.2, 0.25) is 0 Å². The van der Waals surface area contributed by atoms with E-state index < -0.39 is 0 Å². The molecule has 7 heteroatoms. The number of anilines is 2. The van der Waals surface area contributed by atoms with Crippen LogP contribution in [0.1, 0.15) is 30.0 Å². The number of carbonyl (C=O) groups excluding carboxylic acids is 1. The van der Waals surface area contributed by atoms with Crippen molar-refractivity contribution in [1.29, 1.82) is 0 Å². The first-order chi connectivity index (χ1) is 15.9. The Balaban J connectivity index is 1.36. The molecule has 170 valence electrons. The van der Waals surface area contributed by atoms with E-state index in [2.05, 4.69) is 53.1 Å². The van der Waals surface area contributed by atoms with E-state index >= 15 is 0 Å². The summed E-state index contributed by atoms with van der Waals surface area (Å²) in [7, 11) is 2.17. The normalized spacial score (nSPS) is 19.2. The molecule has 7 nitrogen and oxygen atoms in total. The van der Waals surface area contributed by atoms with E-state index in [9.17, 15) is 4.79 Å². The van der Waals surface area contributed by atoms with Crippen molar-refractivity contribution in [3.63, 3.8) is 0 Å². The minimum atomic E-state index is -0.203. The van der Waals surface area contributed by atoms with Gasteiger partial charge in [0.2, 0.25) is 5.89 Å². The molecule has 0 radical (unpaired) electrons. The van der Waals surface area contributed by atoms with Gasteiger partial charge in [-0.25, -0.2) is 4.98 Å². The number of oxazole rings is 1. The molecule has 1 N–H and O–H groups in total. The minimum Gasteiger partial charge on any atom is -0.463 e. The number of nitrogens with zero attached hydrogens (tertiary/aromatic N) is 3. The maximum Gasteiger partial charge on any atom is 0.259 e. The lowest BCUT2D eigenvalue weighted by Crippen LogP contribution is -2.55. The number of piperazine rings is 1. The Morgan fingerprint density at radius 2 is 1.82 bits per heavy atom. The summed E-state index contributed by atoms with van der Waals surface area (Å²) in [6, 6.07) is 14.4. The summed E-state index contributed by atoms with van der Waals surface area (Å²) < 4.78 is 11.2. The van der Waals surface area contributed by atoms with E-state index in [0.29, 0.717) is 34.8 Å². The van der Waals surface area contributed by atoms with Gasteiger partial charge in [-0.15, -0.1) is 0 Å². The van der Waals surface area contributed by atoms with Crippen LogP contribution in [0.25, 0.3) is 22.4 Å². The van der Waals surface area contributed by atoms with E-state index in [1.807, 2.05) is 37.3 Å².